The smallest absolute Gasteiger partial charge is 0.304 e. The summed E-state index contributed by atoms with van der Waals surface area (Å²) in [6.45, 7) is 1.26. The lowest BCUT2D eigenvalue weighted by Gasteiger charge is -2.16. The average molecular weight is 244 g/mol. The van der Waals surface area contributed by atoms with E-state index < -0.39 is 6.80 Å². The van der Waals surface area contributed by atoms with Gasteiger partial charge in [0.05, 0.1) is 0 Å². The van der Waals surface area contributed by atoms with Crippen LogP contribution in [0, 0.1) is 0 Å². The second-order valence-corrected chi connectivity index (χ2v) is 8.32. The fourth-order valence-corrected chi connectivity index (χ4v) is 4.94. The Morgan fingerprint density at radius 2 is 1.92 bits per heavy atom. The first-order valence-corrected chi connectivity index (χ1v) is 8.23. The Labute approximate surface area is 88.6 Å². The standard InChI is InChI=1S/C7H17O3PS2/c1-5-12-6-7(2)13-11(8,9-3)10-4/h7H,5-6H2,1-4H3. The summed E-state index contributed by atoms with van der Waals surface area (Å²) in [5.41, 5.74) is 0. The molecule has 0 aliphatic carbocycles. The highest BCUT2D eigenvalue weighted by Crippen LogP contribution is 2.61. The average Bonchev–Trinajstić information content (AvgIpc) is 2.14. The third-order valence-corrected chi connectivity index (χ3v) is 7.10. The molecule has 1 unspecified atom stereocenters. The van der Waals surface area contributed by atoms with Crippen molar-refractivity contribution < 1.29 is 13.6 Å². The van der Waals surface area contributed by atoms with E-state index in [2.05, 4.69) is 6.92 Å². The summed E-state index contributed by atoms with van der Waals surface area (Å²) < 4.78 is 21.3. The summed E-state index contributed by atoms with van der Waals surface area (Å²) in [4.78, 5) is 0. The first-order valence-electron chi connectivity index (χ1n) is 4.05. The van der Waals surface area contributed by atoms with E-state index in [-0.39, 0.29) is 5.25 Å². The summed E-state index contributed by atoms with van der Waals surface area (Å²) in [5.74, 6) is 2.05. The van der Waals surface area contributed by atoms with Crippen molar-refractivity contribution in [3.05, 3.63) is 0 Å². The van der Waals surface area contributed by atoms with Crippen LogP contribution >= 0.6 is 29.9 Å². The Morgan fingerprint density at radius 1 is 1.38 bits per heavy atom. The van der Waals surface area contributed by atoms with Gasteiger partial charge in [0.2, 0.25) is 0 Å². The third kappa shape index (κ3) is 6.02. The number of thioether (sulfide) groups is 1. The summed E-state index contributed by atoms with van der Waals surface area (Å²) >= 11 is 3.10. The van der Waals surface area contributed by atoms with Gasteiger partial charge in [-0.2, -0.15) is 11.8 Å². The SMILES string of the molecule is CCSCC(C)SP(=O)(OC)OC. The minimum absolute atomic E-state index is 0.288. The fourth-order valence-electron chi connectivity index (χ4n) is 0.695. The first kappa shape index (κ1) is 13.8. The van der Waals surface area contributed by atoms with Crippen molar-refractivity contribution >= 4 is 29.9 Å². The summed E-state index contributed by atoms with van der Waals surface area (Å²) in [5, 5.41) is 0.288. The number of hydrogen-bond donors (Lipinski definition) is 0. The molecule has 0 heterocycles. The van der Waals surface area contributed by atoms with E-state index in [1.54, 1.807) is 0 Å². The lowest BCUT2D eigenvalue weighted by atomic mass is 10.6. The maximum absolute atomic E-state index is 11.6. The topological polar surface area (TPSA) is 35.5 Å². The maximum atomic E-state index is 11.6. The Balaban J connectivity index is 3.87. The van der Waals surface area contributed by atoms with Crippen molar-refractivity contribution in [2.45, 2.75) is 19.1 Å². The lowest BCUT2D eigenvalue weighted by molar-refractivity contribution is 0.295. The predicted octanol–water partition coefficient (Wildman–Crippen LogP) is 3.26. The highest BCUT2D eigenvalue weighted by atomic mass is 32.7. The van der Waals surface area contributed by atoms with Crippen LogP contribution in [0.2, 0.25) is 0 Å². The molecule has 0 saturated heterocycles. The Morgan fingerprint density at radius 3 is 2.31 bits per heavy atom. The quantitative estimate of drug-likeness (QED) is 0.642. The van der Waals surface area contributed by atoms with Gasteiger partial charge in [-0.3, -0.25) is 0 Å². The predicted molar refractivity (Wildman–Crippen MR) is 61.7 cm³/mol. The Kier molecular flexibility index (Phi) is 7.65. The van der Waals surface area contributed by atoms with Gasteiger partial charge in [0, 0.05) is 25.2 Å². The van der Waals surface area contributed by atoms with Crippen LogP contribution in [0.25, 0.3) is 0 Å². The van der Waals surface area contributed by atoms with Crippen molar-refractivity contribution in [2.24, 2.45) is 0 Å². The minimum atomic E-state index is -2.87. The molecule has 13 heavy (non-hydrogen) atoms. The van der Waals surface area contributed by atoms with Crippen LogP contribution in [0.15, 0.2) is 0 Å². The molecule has 0 rings (SSSR count). The fraction of sp³-hybridized carbons (Fsp3) is 1.00. The van der Waals surface area contributed by atoms with Gasteiger partial charge in [-0.05, 0) is 17.1 Å². The normalized spacial score (nSPS) is 14.5. The molecule has 3 nitrogen and oxygen atoms in total. The van der Waals surface area contributed by atoms with Crippen LogP contribution in [-0.4, -0.2) is 31.0 Å². The van der Waals surface area contributed by atoms with Gasteiger partial charge in [-0.15, -0.1) is 0 Å². The molecule has 1 atom stereocenters. The van der Waals surface area contributed by atoms with Crippen LogP contribution in [0.4, 0.5) is 0 Å². The maximum Gasteiger partial charge on any atom is 0.388 e. The van der Waals surface area contributed by atoms with Crippen molar-refractivity contribution in [3.8, 4) is 0 Å². The monoisotopic (exact) mass is 244 g/mol. The molecule has 0 aromatic heterocycles. The first-order chi connectivity index (χ1) is 6.08. The zero-order valence-corrected chi connectivity index (χ0v) is 11.0. The van der Waals surface area contributed by atoms with E-state index in [0.29, 0.717) is 0 Å². The van der Waals surface area contributed by atoms with E-state index in [1.165, 1.54) is 25.6 Å². The molecular formula is C7H17O3PS2. The zero-order chi connectivity index (χ0) is 10.3. The summed E-state index contributed by atoms with van der Waals surface area (Å²) in [6.07, 6.45) is 0. The van der Waals surface area contributed by atoms with Crippen LogP contribution in [0.3, 0.4) is 0 Å². The molecule has 0 spiro atoms. The van der Waals surface area contributed by atoms with Gasteiger partial charge in [-0.25, -0.2) is 4.57 Å². The zero-order valence-electron chi connectivity index (χ0n) is 8.48. The molecule has 0 radical (unpaired) electrons. The summed E-state index contributed by atoms with van der Waals surface area (Å²) in [7, 11) is 2.83. The largest absolute Gasteiger partial charge is 0.388 e. The molecular weight excluding hydrogens is 227 g/mol. The minimum Gasteiger partial charge on any atom is -0.304 e. The van der Waals surface area contributed by atoms with Crippen molar-refractivity contribution in [2.75, 3.05) is 25.7 Å². The third-order valence-electron chi connectivity index (χ3n) is 1.31. The van der Waals surface area contributed by atoms with Gasteiger partial charge in [0.15, 0.2) is 0 Å². The van der Waals surface area contributed by atoms with Crippen LogP contribution in [0.5, 0.6) is 0 Å². The molecule has 80 valence electrons. The van der Waals surface area contributed by atoms with Crippen molar-refractivity contribution in [1.29, 1.82) is 0 Å². The summed E-state index contributed by atoms with van der Waals surface area (Å²) in [6, 6.07) is 0. The Hall–Kier alpha value is 0.850. The second-order valence-electron chi connectivity index (χ2n) is 2.39. The van der Waals surface area contributed by atoms with Gasteiger partial charge in [0.1, 0.15) is 0 Å². The van der Waals surface area contributed by atoms with E-state index in [9.17, 15) is 4.57 Å². The van der Waals surface area contributed by atoms with Gasteiger partial charge in [0.25, 0.3) is 0 Å². The van der Waals surface area contributed by atoms with E-state index in [0.717, 1.165) is 11.5 Å². The molecule has 0 bridgehead atoms. The second kappa shape index (κ2) is 7.18. The highest BCUT2D eigenvalue weighted by molar-refractivity contribution is 8.55. The lowest BCUT2D eigenvalue weighted by Crippen LogP contribution is -2.01. The molecule has 6 heteroatoms. The number of hydrogen-bond acceptors (Lipinski definition) is 5. The van der Waals surface area contributed by atoms with Gasteiger partial charge >= 0.3 is 6.80 Å². The van der Waals surface area contributed by atoms with Crippen LogP contribution < -0.4 is 0 Å². The molecule has 0 amide bonds. The van der Waals surface area contributed by atoms with Gasteiger partial charge < -0.3 is 9.05 Å². The van der Waals surface area contributed by atoms with E-state index in [4.69, 9.17) is 9.05 Å². The highest BCUT2D eigenvalue weighted by Gasteiger charge is 2.25. The number of rotatable bonds is 7. The molecule has 0 aromatic rings. The molecule has 0 N–H and O–H groups in total. The van der Waals surface area contributed by atoms with Crippen molar-refractivity contribution in [3.63, 3.8) is 0 Å². The van der Waals surface area contributed by atoms with Gasteiger partial charge in [-0.1, -0.05) is 13.8 Å². The molecule has 0 aliphatic heterocycles. The van der Waals surface area contributed by atoms with Crippen molar-refractivity contribution in [1.82, 2.24) is 0 Å². The van der Waals surface area contributed by atoms with E-state index >= 15 is 0 Å². The Bertz CT molecular complexity index is 169. The van der Waals surface area contributed by atoms with E-state index in [1.807, 2.05) is 18.7 Å². The molecule has 0 fully saturated rings. The van der Waals surface area contributed by atoms with Crippen LogP contribution in [0.1, 0.15) is 13.8 Å². The molecule has 0 aliphatic rings. The van der Waals surface area contributed by atoms with Crippen LogP contribution in [-0.2, 0) is 13.6 Å². The molecule has 0 saturated carbocycles. The molecule has 0 aromatic carbocycles.